The number of likely N-dealkylation sites (N-methyl/N-ethyl adjacent to an activating group) is 1. The number of nitrogens with one attached hydrogen (secondary N) is 2. The number of benzene rings is 2. The van der Waals surface area contributed by atoms with Gasteiger partial charge in [-0.3, -0.25) is 9.69 Å². The number of rotatable bonds is 7. The molecule has 1 aliphatic carbocycles. The highest BCUT2D eigenvalue weighted by atomic mass is 16.2. The molecule has 0 unspecified atom stereocenters. The smallest absolute Gasteiger partial charge is 0.241 e. The molecule has 4 rings (SSSR count). The Balaban J connectivity index is 1.55. The van der Waals surface area contributed by atoms with Crippen LogP contribution >= 0.6 is 0 Å². The molecular weight excluding hydrogens is 364 g/mol. The van der Waals surface area contributed by atoms with Gasteiger partial charge in [0, 0.05) is 19.4 Å². The lowest BCUT2D eigenvalue weighted by atomic mass is 9.91. The van der Waals surface area contributed by atoms with E-state index in [1.807, 2.05) is 32.2 Å². The van der Waals surface area contributed by atoms with Gasteiger partial charge >= 0.3 is 0 Å². The zero-order chi connectivity index (χ0) is 20.3. The van der Waals surface area contributed by atoms with Gasteiger partial charge in [-0.25, -0.2) is 0 Å². The quantitative estimate of drug-likeness (QED) is 0.645. The Morgan fingerprint density at radius 1 is 1.14 bits per heavy atom. The van der Waals surface area contributed by atoms with Gasteiger partial charge in [0.25, 0.3) is 0 Å². The van der Waals surface area contributed by atoms with Gasteiger partial charge in [0.15, 0.2) is 5.82 Å². The summed E-state index contributed by atoms with van der Waals surface area (Å²) < 4.78 is 0. The minimum absolute atomic E-state index is 0.00145. The van der Waals surface area contributed by atoms with Gasteiger partial charge in [-0.05, 0) is 37.1 Å². The predicted octanol–water partition coefficient (Wildman–Crippen LogP) is 2.09. The lowest BCUT2D eigenvalue weighted by Crippen LogP contribution is -2.59. The summed E-state index contributed by atoms with van der Waals surface area (Å²) in [5.74, 6) is 0.484. The van der Waals surface area contributed by atoms with Gasteiger partial charge in [0.2, 0.25) is 5.91 Å². The van der Waals surface area contributed by atoms with Crippen LogP contribution in [0, 0.1) is 0 Å². The Morgan fingerprint density at radius 2 is 1.79 bits per heavy atom. The SMILES string of the molecule is C[C@@H](NC(=O)C1(N(C)CCc2ccccc2)Cc2ccccc2C1)c1nn[nH]n1. The minimum Gasteiger partial charge on any atom is -0.345 e. The highest BCUT2D eigenvalue weighted by Gasteiger charge is 2.47. The van der Waals surface area contributed by atoms with Crippen molar-refractivity contribution in [3.63, 3.8) is 0 Å². The fourth-order valence-electron chi connectivity index (χ4n) is 4.10. The molecule has 0 bridgehead atoms. The summed E-state index contributed by atoms with van der Waals surface area (Å²) in [5, 5.41) is 17.2. The molecule has 1 aromatic heterocycles. The van der Waals surface area contributed by atoms with Gasteiger partial charge in [-0.2, -0.15) is 5.21 Å². The van der Waals surface area contributed by atoms with Crippen LogP contribution in [0.4, 0.5) is 0 Å². The van der Waals surface area contributed by atoms with Crippen LogP contribution in [0.15, 0.2) is 54.6 Å². The first-order valence-electron chi connectivity index (χ1n) is 9.95. The molecule has 0 spiro atoms. The first kappa shape index (κ1) is 19.3. The maximum atomic E-state index is 13.6. The van der Waals surface area contributed by atoms with Crippen LogP contribution in [-0.4, -0.2) is 50.6 Å². The number of tetrazole rings is 1. The van der Waals surface area contributed by atoms with E-state index in [4.69, 9.17) is 0 Å². The zero-order valence-corrected chi connectivity index (χ0v) is 16.8. The molecule has 150 valence electrons. The van der Waals surface area contributed by atoms with E-state index in [9.17, 15) is 4.79 Å². The number of aromatic nitrogens is 4. The van der Waals surface area contributed by atoms with Gasteiger partial charge in [-0.1, -0.05) is 59.8 Å². The number of H-pyrrole nitrogens is 1. The van der Waals surface area contributed by atoms with Crippen molar-refractivity contribution < 1.29 is 4.79 Å². The van der Waals surface area contributed by atoms with Crippen molar-refractivity contribution in [3.05, 3.63) is 77.1 Å². The second-order valence-corrected chi connectivity index (χ2v) is 7.78. The number of hydrogen-bond donors (Lipinski definition) is 2. The third-order valence-corrected chi connectivity index (χ3v) is 5.91. The minimum atomic E-state index is -0.629. The lowest BCUT2D eigenvalue weighted by molar-refractivity contribution is -0.133. The molecule has 29 heavy (non-hydrogen) atoms. The predicted molar refractivity (Wildman–Crippen MR) is 110 cm³/mol. The molecule has 0 radical (unpaired) electrons. The van der Waals surface area contributed by atoms with Gasteiger partial charge in [-0.15, -0.1) is 10.2 Å². The summed E-state index contributed by atoms with van der Waals surface area (Å²) in [6, 6.07) is 18.4. The molecule has 3 aromatic rings. The van der Waals surface area contributed by atoms with Crippen molar-refractivity contribution in [3.8, 4) is 0 Å². The number of amides is 1. The van der Waals surface area contributed by atoms with Crippen LogP contribution in [0.5, 0.6) is 0 Å². The van der Waals surface area contributed by atoms with Gasteiger partial charge < -0.3 is 5.32 Å². The largest absolute Gasteiger partial charge is 0.345 e. The number of hydrogen-bond acceptors (Lipinski definition) is 5. The van der Waals surface area contributed by atoms with E-state index in [2.05, 4.69) is 67.2 Å². The summed E-state index contributed by atoms with van der Waals surface area (Å²) in [6.07, 6.45) is 2.28. The van der Waals surface area contributed by atoms with Crippen LogP contribution in [0.1, 0.15) is 35.5 Å². The molecule has 2 N–H and O–H groups in total. The zero-order valence-electron chi connectivity index (χ0n) is 16.8. The summed E-state index contributed by atoms with van der Waals surface area (Å²) >= 11 is 0. The Bertz CT molecular complexity index is 931. The van der Waals surface area contributed by atoms with Gasteiger partial charge in [0.1, 0.15) is 5.54 Å². The molecular formula is C22H26N6O. The topological polar surface area (TPSA) is 86.8 Å². The Kier molecular flexibility index (Phi) is 5.40. The molecule has 7 nitrogen and oxygen atoms in total. The van der Waals surface area contributed by atoms with Crippen molar-refractivity contribution in [2.75, 3.05) is 13.6 Å². The first-order valence-corrected chi connectivity index (χ1v) is 9.95. The summed E-state index contributed by atoms with van der Waals surface area (Å²) in [6.45, 7) is 2.67. The third-order valence-electron chi connectivity index (χ3n) is 5.91. The van der Waals surface area contributed by atoms with E-state index in [0.717, 1.165) is 13.0 Å². The van der Waals surface area contributed by atoms with E-state index in [1.54, 1.807) is 0 Å². The average molecular weight is 390 g/mol. The molecule has 1 aliphatic rings. The van der Waals surface area contributed by atoms with Crippen LogP contribution in [0.25, 0.3) is 0 Å². The maximum Gasteiger partial charge on any atom is 0.241 e. The van der Waals surface area contributed by atoms with Crippen molar-refractivity contribution in [2.45, 2.75) is 37.8 Å². The summed E-state index contributed by atoms with van der Waals surface area (Å²) in [5.41, 5.74) is 3.12. The normalized spacial score (nSPS) is 15.8. The second kappa shape index (κ2) is 8.13. The summed E-state index contributed by atoms with van der Waals surface area (Å²) in [7, 11) is 2.05. The molecule has 0 saturated carbocycles. The third kappa shape index (κ3) is 3.91. The fourth-order valence-corrected chi connectivity index (χ4v) is 4.10. The van der Waals surface area contributed by atoms with E-state index in [-0.39, 0.29) is 11.9 Å². The van der Waals surface area contributed by atoms with E-state index >= 15 is 0 Å². The molecule has 1 atom stereocenters. The van der Waals surface area contributed by atoms with Crippen molar-refractivity contribution in [1.29, 1.82) is 0 Å². The maximum absolute atomic E-state index is 13.6. The molecule has 7 heteroatoms. The highest BCUT2D eigenvalue weighted by Crippen LogP contribution is 2.35. The van der Waals surface area contributed by atoms with Crippen molar-refractivity contribution in [1.82, 2.24) is 30.8 Å². The fraction of sp³-hybridized carbons (Fsp3) is 0.364. The monoisotopic (exact) mass is 390 g/mol. The van der Waals surface area contributed by atoms with Crippen LogP contribution < -0.4 is 5.32 Å². The molecule has 0 fully saturated rings. The molecule has 2 aromatic carbocycles. The number of nitrogens with zero attached hydrogens (tertiary/aromatic N) is 4. The second-order valence-electron chi connectivity index (χ2n) is 7.78. The molecule has 0 saturated heterocycles. The van der Waals surface area contributed by atoms with Crippen LogP contribution in [-0.2, 0) is 24.1 Å². The lowest BCUT2D eigenvalue weighted by Gasteiger charge is -2.38. The number of aromatic amines is 1. The van der Waals surface area contributed by atoms with Gasteiger partial charge in [0.05, 0.1) is 6.04 Å². The molecule has 1 amide bonds. The van der Waals surface area contributed by atoms with Crippen LogP contribution in [0.3, 0.4) is 0 Å². The van der Waals surface area contributed by atoms with E-state index in [1.165, 1.54) is 16.7 Å². The summed E-state index contributed by atoms with van der Waals surface area (Å²) in [4.78, 5) is 15.8. The van der Waals surface area contributed by atoms with Crippen molar-refractivity contribution >= 4 is 5.91 Å². The number of carbonyl (C=O) groups excluding carboxylic acids is 1. The first-order chi connectivity index (χ1) is 14.1. The Morgan fingerprint density at radius 3 is 2.41 bits per heavy atom. The number of fused-ring (bicyclic) bond motifs is 1. The molecule has 1 heterocycles. The molecule has 0 aliphatic heterocycles. The Labute approximate surface area is 170 Å². The van der Waals surface area contributed by atoms with E-state index in [0.29, 0.717) is 18.7 Å². The van der Waals surface area contributed by atoms with E-state index < -0.39 is 5.54 Å². The Hall–Kier alpha value is -3.06. The number of carbonyl (C=O) groups is 1. The van der Waals surface area contributed by atoms with Crippen molar-refractivity contribution in [2.24, 2.45) is 0 Å². The average Bonchev–Trinajstić information content (AvgIpc) is 3.41. The standard InChI is InChI=1S/C22H26N6O/c1-16(20-24-26-27-25-20)23-21(29)22(14-18-10-6-7-11-19(18)15-22)28(2)13-12-17-8-4-3-5-9-17/h3-11,16H,12-15H2,1-2H3,(H,23,29)(H,24,25,26,27)/t16-/m1/s1. The highest BCUT2D eigenvalue weighted by molar-refractivity contribution is 5.88. The van der Waals surface area contributed by atoms with Crippen LogP contribution in [0.2, 0.25) is 0 Å².